The number of ether oxygens (including phenoxy) is 1. The Bertz CT molecular complexity index is 1020. The molecule has 0 saturated carbocycles. The van der Waals surface area contributed by atoms with E-state index in [-0.39, 0.29) is 28.4 Å². The first-order chi connectivity index (χ1) is 13.7. The normalized spacial score (nSPS) is 10.2. The zero-order valence-corrected chi connectivity index (χ0v) is 15.5. The van der Waals surface area contributed by atoms with Gasteiger partial charge in [0.15, 0.2) is 0 Å². The minimum absolute atomic E-state index is 0.0335. The minimum Gasteiger partial charge on any atom is -0.506 e. The number of benzene rings is 2. The maximum Gasteiger partial charge on any atom is 0.303 e. The van der Waals surface area contributed by atoms with Crippen LogP contribution in [0.5, 0.6) is 0 Å². The van der Waals surface area contributed by atoms with Crippen molar-refractivity contribution >= 4 is 34.0 Å². The summed E-state index contributed by atoms with van der Waals surface area (Å²) >= 11 is 5.12. The molecule has 0 heterocycles. The van der Waals surface area contributed by atoms with Gasteiger partial charge in [0.25, 0.3) is 16.6 Å². The van der Waals surface area contributed by atoms with E-state index in [1.165, 1.54) is 49.6 Å². The van der Waals surface area contributed by atoms with Gasteiger partial charge in [0.05, 0.1) is 29.6 Å². The Morgan fingerprint density at radius 2 is 1.59 bits per heavy atom. The van der Waals surface area contributed by atoms with Gasteiger partial charge in [0.2, 0.25) is 0 Å². The molecule has 0 N–H and O–H groups in total. The molecular weight excluding hydrogens is 404 g/mol. The third-order valence-corrected chi connectivity index (χ3v) is 3.46. The van der Waals surface area contributed by atoms with E-state index in [2.05, 4.69) is 4.85 Å². The van der Waals surface area contributed by atoms with Gasteiger partial charge in [0.1, 0.15) is 5.76 Å². The molecule has 0 fully saturated rings. The third-order valence-electron chi connectivity index (χ3n) is 3.24. The summed E-state index contributed by atoms with van der Waals surface area (Å²) in [6, 6.07) is 12.5. The minimum atomic E-state index is -0.696. The first kappa shape index (κ1) is 22.8. The number of non-ortho nitro benzene ring substituents is 2. The lowest BCUT2D eigenvalue weighted by Crippen LogP contribution is -1.93. The van der Waals surface area contributed by atoms with Gasteiger partial charge in [-0.3, -0.25) is 25.0 Å². The van der Waals surface area contributed by atoms with Crippen LogP contribution in [-0.4, -0.2) is 22.2 Å². The number of carbonyl (C=O) groups excluding carboxylic acids is 1. The van der Waals surface area contributed by atoms with Gasteiger partial charge in [-0.05, 0) is 17.7 Å². The fraction of sp³-hybridized carbons (Fsp3) is 0.0556. The van der Waals surface area contributed by atoms with Gasteiger partial charge in [-0.15, -0.1) is 0 Å². The van der Waals surface area contributed by atoms with Crippen molar-refractivity contribution in [2.45, 2.75) is 0 Å². The number of nitriles is 1. The maximum absolute atomic E-state index is 10.6. The molecule has 0 unspecified atom stereocenters. The van der Waals surface area contributed by atoms with Crippen molar-refractivity contribution in [1.82, 2.24) is 0 Å². The van der Waals surface area contributed by atoms with Crippen LogP contribution in [0.1, 0.15) is 15.9 Å². The van der Waals surface area contributed by atoms with Crippen LogP contribution in [0.4, 0.5) is 11.4 Å². The van der Waals surface area contributed by atoms with Crippen molar-refractivity contribution in [3.63, 3.8) is 0 Å². The first-order valence-corrected chi connectivity index (χ1v) is 7.87. The van der Waals surface area contributed by atoms with Crippen LogP contribution in [0.3, 0.4) is 0 Å². The van der Waals surface area contributed by atoms with E-state index in [9.17, 15) is 25.0 Å². The fourth-order valence-electron chi connectivity index (χ4n) is 1.98. The Kier molecular flexibility index (Phi) is 8.45. The Balaban J connectivity index is 0.000000308. The lowest BCUT2D eigenvalue weighted by atomic mass is 10.1. The second-order valence-electron chi connectivity index (χ2n) is 4.99. The van der Waals surface area contributed by atoms with Crippen LogP contribution < -0.4 is 0 Å². The van der Waals surface area contributed by atoms with Crippen molar-refractivity contribution in [2.75, 3.05) is 7.11 Å². The molecule has 0 aromatic heterocycles. The lowest BCUT2D eigenvalue weighted by molar-refractivity contribution is -0.385. The topological polar surface area (TPSA) is 141 Å². The van der Waals surface area contributed by atoms with E-state index in [0.29, 0.717) is 5.56 Å². The molecule has 10 nitrogen and oxygen atoms in total. The summed E-state index contributed by atoms with van der Waals surface area (Å²) in [5.74, 6) is 0.0335. The number of allylic oxidation sites excluding steroid dienone is 1. The van der Waals surface area contributed by atoms with E-state index < -0.39 is 15.1 Å². The van der Waals surface area contributed by atoms with Gasteiger partial charge in [0, 0.05) is 35.4 Å². The molecule has 0 bridgehead atoms. The van der Waals surface area contributed by atoms with Crippen molar-refractivity contribution in [3.8, 4) is 6.07 Å². The summed E-state index contributed by atoms with van der Waals surface area (Å²) in [7, 11) is 1.30. The van der Waals surface area contributed by atoms with E-state index in [4.69, 9.17) is 28.2 Å². The Labute approximate surface area is 169 Å². The van der Waals surface area contributed by atoms with Gasteiger partial charge in [-0.2, -0.15) is 0 Å². The van der Waals surface area contributed by atoms with Gasteiger partial charge in [-0.1, -0.05) is 18.2 Å². The van der Waals surface area contributed by atoms with Crippen LogP contribution in [0.2, 0.25) is 0 Å². The zero-order valence-electron chi connectivity index (χ0n) is 14.7. The van der Waals surface area contributed by atoms with Crippen LogP contribution in [0, 0.1) is 38.1 Å². The maximum atomic E-state index is 10.6. The average molecular weight is 415 g/mol. The number of hydrogen-bond donors (Lipinski definition) is 0. The quantitative estimate of drug-likeness (QED) is 0.177. The monoisotopic (exact) mass is 414 g/mol. The summed E-state index contributed by atoms with van der Waals surface area (Å²) in [6.07, 6.45) is 0. The summed E-state index contributed by atoms with van der Waals surface area (Å²) in [5, 5.41) is 28.9. The molecule has 29 heavy (non-hydrogen) atoms. The molecule has 2 aromatic rings. The van der Waals surface area contributed by atoms with Crippen molar-refractivity contribution in [1.29, 1.82) is 5.26 Å². The van der Waals surface area contributed by atoms with Crippen molar-refractivity contribution in [2.24, 2.45) is 0 Å². The van der Waals surface area contributed by atoms with Gasteiger partial charge < -0.3 is 4.74 Å². The van der Waals surface area contributed by atoms with Crippen molar-refractivity contribution < 1.29 is 19.4 Å². The molecule has 0 aliphatic rings. The number of rotatable bonds is 5. The highest BCUT2D eigenvalue weighted by atomic mass is 35.5. The summed E-state index contributed by atoms with van der Waals surface area (Å²) in [5.41, 5.74) is -0.0473. The number of nitro benzene ring substituents is 2. The summed E-state index contributed by atoms with van der Waals surface area (Å²) < 4.78 is 4.94. The zero-order chi connectivity index (χ0) is 22.0. The predicted octanol–water partition coefficient (Wildman–Crippen LogP) is 4.33. The molecule has 0 spiro atoms. The molecule has 0 saturated heterocycles. The number of nitrogens with zero attached hydrogens (tertiary/aromatic N) is 4. The molecule has 0 atom stereocenters. The Morgan fingerprint density at radius 3 is 1.97 bits per heavy atom. The Morgan fingerprint density at radius 1 is 1.10 bits per heavy atom. The fourth-order valence-corrected chi connectivity index (χ4v) is 2.10. The average Bonchev–Trinajstić information content (AvgIpc) is 2.72. The number of halogens is 1. The first-order valence-electron chi connectivity index (χ1n) is 7.50. The van der Waals surface area contributed by atoms with Gasteiger partial charge >= 0.3 is 5.70 Å². The van der Waals surface area contributed by atoms with Crippen LogP contribution >= 0.6 is 11.6 Å². The second-order valence-corrected chi connectivity index (χ2v) is 5.34. The molecule has 146 valence electrons. The molecule has 2 rings (SSSR count). The van der Waals surface area contributed by atoms with Crippen molar-refractivity contribution in [3.05, 3.63) is 97.0 Å². The molecule has 0 aliphatic carbocycles. The molecule has 0 amide bonds. The van der Waals surface area contributed by atoms with E-state index in [1.54, 1.807) is 6.07 Å². The highest BCUT2D eigenvalue weighted by Gasteiger charge is 2.13. The highest BCUT2D eigenvalue weighted by molar-refractivity contribution is 6.67. The SMILES string of the molecule is O=C(Cl)c1cccc([N+](=O)[O-])c1.[C-]#[N+]/C(C#N)=C(/OC)c1cccc([N+](=O)[O-])c1. The third kappa shape index (κ3) is 6.43. The van der Waals surface area contributed by atoms with Crippen LogP contribution in [-0.2, 0) is 4.74 Å². The largest absolute Gasteiger partial charge is 0.506 e. The summed E-state index contributed by atoms with van der Waals surface area (Å²) in [4.78, 5) is 33.3. The molecule has 2 aromatic carbocycles. The molecule has 0 aliphatic heterocycles. The number of methoxy groups -OCH3 is 1. The smallest absolute Gasteiger partial charge is 0.303 e. The molecular formula is C18H11ClN4O6. The van der Waals surface area contributed by atoms with Gasteiger partial charge in [-0.25, -0.2) is 10.1 Å². The predicted molar refractivity (Wildman–Crippen MR) is 103 cm³/mol. The van der Waals surface area contributed by atoms with E-state index >= 15 is 0 Å². The highest BCUT2D eigenvalue weighted by Crippen LogP contribution is 2.23. The Hall–Kier alpha value is -4.28. The standard InChI is InChI=1S/C11H7N3O3.C7H4ClNO3/c1-13-10(7-12)11(17-2)8-4-3-5-9(6-8)14(15)16;8-7(10)5-2-1-3-6(4-5)9(11)12/h3-6H,2H3;1-4H/b11-10+;. The summed E-state index contributed by atoms with van der Waals surface area (Å²) in [6.45, 7) is 6.81. The van der Waals surface area contributed by atoms with E-state index in [1.807, 2.05) is 0 Å². The lowest BCUT2D eigenvalue weighted by Gasteiger charge is -2.05. The van der Waals surface area contributed by atoms with Crippen LogP contribution in [0.25, 0.3) is 10.6 Å². The number of nitro groups is 2. The second kappa shape index (κ2) is 10.8. The van der Waals surface area contributed by atoms with E-state index in [0.717, 1.165) is 6.07 Å². The number of carbonyl (C=O) groups is 1. The number of hydrogen-bond acceptors (Lipinski definition) is 7. The molecule has 11 heteroatoms. The van der Waals surface area contributed by atoms with Crippen LogP contribution in [0.15, 0.2) is 54.2 Å². The molecule has 0 radical (unpaired) electrons.